The lowest BCUT2D eigenvalue weighted by atomic mass is 10.1. The van der Waals surface area contributed by atoms with E-state index in [2.05, 4.69) is 17.5 Å². The number of nitrogens with one attached hydrogen (secondary N) is 1. The molecule has 0 radical (unpaired) electrons. The number of nitrogens with zero attached hydrogens (tertiary/aromatic N) is 1. The van der Waals surface area contributed by atoms with Crippen LogP contribution in [0, 0.1) is 0 Å². The molecule has 0 bridgehead atoms. The lowest BCUT2D eigenvalue weighted by Crippen LogP contribution is -2.35. The van der Waals surface area contributed by atoms with E-state index in [1.807, 2.05) is 32.9 Å². The molecule has 0 aromatic rings. The molecule has 1 fully saturated rings. The summed E-state index contributed by atoms with van der Waals surface area (Å²) >= 11 is 0. The highest BCUT2D eigenvalue weighted by atomic mass is 16.6. The van der Waals surface area contributed by atoms with Crippen molar-refractivity contribution in [2.24, 2.45) is 0 Å². The van der Waals surface area contributed by atoms with Gasteiger partial charge in [-0.15, -0.1) is 0 Å². The summed E-state index contributed by atoms with van der Waals surface area (Å²) in [5, 5.41) is 3.42. The molecule has 0 aromatic carbocycles. The van der Waals surface area contributed by atoms with Crippen molar-refractivity contribution >= 4 is 6.09 Å². The van der Waals surface area contributed by atoms with E-state index in [0.29, 0.717) is 12.6 Å². The molecule has 1 atom stereocenters. The van der Waals surface area contributed by atoms with Crippen molar-refractivity contribution < 1.29 is 9.53 Å². The maximum Gasteiger partial charge on any atom is 0.414 e. The van der Waals surface area contributed by atoms with Gasteiger partial charge in [-0.3, -0.25) is 4.90 Å². The van der Waals surface area contributed by atoms with Gasteiger partial charge in [0.15, 0.2) is 0 Å². The van der Waals surface area contributed by atoms with Crippen molar-refractivity contribution in [3.05, 3.63) is 36.1 Å². The van der Waals surface area contributed by atoms with Crippen LogP contribution in [-0.4, -0.2) is 35.7 Å². The number of ether oxygens (including phenoxy) is 1. The summed E-state index contributed by atoms with van der Waals surface area (Å²) in [5.74, 6) is 0. The first-order valence-corrected chi connectivity index (χ1v) is 7.23. The lowest BCUT2D eigenvalue weighted by Gasteiger charge is -2.26. The Bertz CT molecular complexity index is 438. The normalized spacial score (nSPS) is 23.2. The van der Waals surface area contributed by atoms with E-state index < -0.39 is 5.60 Å². The Morgan fingerprint density at radius 1 is 1.50 bits per heavy atom. The molecule has 1 amide bonds. The van der Waals surface area contributed by atoms with Gasteiger partial charge in [-0.2, -0.15) is 0 Å². The van der Waals surface area contributed by atoms with Crippen LogP contribution in [0.4, 0.5) is 4.79 Å². The van der Waals surface area contributed by atoms with Crippen molar-refractivity contribution in [3.63, 3.8) is 0 Å². The molecule has 0 saturated carbocycles. The summed E-state index contributed by atoms with van der Waals surface area (Å²) in [4.78, 5) is 13.6. The Morgan fingerprint density at radius 2 is 2.30 bits per heavy atom. The van der Waals surface area contributed by atoms with Crippen molar-refractivity contribution in [2.45, 2.75) is 45.3 Å². The van der Waals surface area contributed by atoms with Gasteiger partial charge in [0.25, 0.3) is 0 Å². The fourth-order valence-corrected chi connectivity index (χ4v) is 2.24. The highest BCUT2D eigenvalue weighted by Gasteiger charge is 2.22. The Morgan fingerprint density at radius 3 is 2.95 bits per heavy atom. The first kappa shape index (κ1) is 14.9. The predicted molar refractivity (Wildman–Crippen MR) is 80.3 cm³/mol. The fourth-order valence-electron chi connectivity index (χ4n) is 2.24. The number of rotatable bonds is 2. The predicted octanol–water partition coefficient (Wildman–Crippen LogP) is 2.99. The standard InChI is InChI=1S/C16H24N2O2/c1-16(2,3)20-15(19)18-11-5-6-13(12-18)8-9-14-7-4-10-17-14/h5-6,8-9,11,14,17H,4,7,10,12H2,1-3H3/t14-/m0/s1. The molecule has 4 heteroatoms. The third-order valence-corrected chi connectivity index (χ3v) is 3.20. The third-order valence-electron chi connectivity index (χ3n) is 3.20. The summed E-state index contributed by atoms with van der Waals surface area (Å²) in [5.41, 5.74) is 0.655. The summed E-state index contributed by atoms with van der Waals surface area (Å²) in [6, 6.07) is 0.469. The van der Waals surface area contributed by atoms with Crippen LogP contribution >= 0.6 is 0 Å². The number of hydrogen-bond acceptors (Lipinski definition) is 3. The number of hydrogen-bond donors (Lipinski definition) is 1. The quantitative estimate of drug-likeness (QED) is 0.843. The molecule has 2 rings (SSSR count). The van der Waals surface area contributed by atoms with Crippen LogP contribution < -0.4 is 5.32 Å². The van der Waals surface area contributed by atoms with Crippen LogP contribution in [0.5, 0.6) is 0 Å². The summed E-state index contributed by atoms with van der Waals surface area (Å²) in [6.07, 6.45) is 12.1. The minimum Gasteiger partial charge on any atom is -0.443 e. The monoisotopic (exact) mass is 276 g/mol. The first-order valence-electron chi connectivity index (χ1n) is 7.23. The average Bonchev–Trinajstić information content (AvgIpc) is 2.88. The molecule has 0 aliphatic carbocycles. The van der Waals surface area contributed by atoms with Gasteiger partial charge in [0.2, 0.25) is 0 Å². The molecule has 0 spiro atoms. The van der Waals surface area contributed by atoms with Crippen molar-refractivity contribution in [1.82, 2.24) is 10.2 Å². The zero-order chi connectivity index (χ0) is 14.6. The molecule has 0 unspecified atom stereocenters. The van der Waals surface area contributed by atoms with E-state index in [-0.39, 0.29) is 6.09 Å². The zero-order valence-electron chi connectivity index (χ0n) is 12.6. The molecule has 20 heavy (non-hydrogen) atoms. The van der Waals surface area contributed by atoms with Crippen molar-refractivity contribution in [2.75, 3.05) is 13.1 Å². The zero-order valence-corrected chi connectivity index (χ0v) is 12.6. The molecule has 4 nitrogen and oxygen atoms in total. The van der Waals surface area contributed by atoms with Crippen LogP contribution in [0.2, 0.25) is 0 Å². The molecule has 1 saturated heterocycles. The maximum absolute atomic E-state index is 12.0. The minimum absolute atomic E-state index is 0.299. The minimum atomic E-state index is -0.462. The SMILES string of the molecule is CC(C)(C)OC(=O)N1C=CC=C(C=C[C@@H]2CCCN2)C1. The van der Waals surface area contributed by atoms with Gasteiger partial charge in [0.1, 0.15) is 5.60 Å². The van der Waals surface area contributed by atoms with Gasteiger partial charge in [-0.05, 0) is 51.8 Å². The maximum atomic E-state index is 12.0. The molecular formula is C16H24N2O2. The Hall–Kier alpha value is -1.55. The molecule has 110 valence electrons. The van der Waals surface area contributed by atoms with Crippen molar-refractivity contribution in [3.8, 4) is 0 Å². The van der Waals surface area contributed by atoms with E-state index in [0.717, 1.165) is 12.1 Å². The Kier molecular flexibility index (Phi) is 4.65. The van der Waals surface area contributed by atoms with E-state index in [1.54, 1.807) is 11.1 Å². The second-order valence-corrected chi connectivity index (χ2v) is 6.25. The van der Waals surface area contributed by atoms with E-state index in [1.165, 1.54) is 12.8 Å². The number of carbonyl (C=O) groups is 1. The van der Waals surface area contributed by atoms with Gasteiger partial charge >= 0.3 is 6.09 Å². The van der Waals surface area contributed by atoms with Gasteiger partial charge in [0.05, 0.1) is 6.54 Å². The van der Waals surface area contributed by atoms with Gasteiger partial charge < -0.3 is 10.1 Å². The largest absolute Gasteiger partial charge is 0.443 e. The summed E-state index contributed by atoms with van der Waals surface area (Å²) in [7, 11) is 0. The topological polar surface area (TPSA) is 41.6 Å². The molecule has 2 aliphatic rings. The highest BCUT2D eigenvalue weighted by Crippen LogP contribution is 2.15. The van der Waals surface area contributed by atoms with Gasteiger partial charge in [-0.25, -0.2) is 4.79 Å². The average molecular weight is 276 g/mol. The second-order valence-electron chi connectivity index (χ2n) is 6.25. The summed E-state index contributed by atoms with van der Waals surface area (Å²) < 4.78 is 5.38. The molecule has 0 aromatic heterocycles. The molecule has 1 N–H and O–H groups in total. The van der Waals surface area contributed by atoms with Crippen LogP contribution in [-0.2, 0) is 4.74 Å². The smallest absolute Gasteiger partial charge is 0.414 e. The van der Waals surface area contributed by atoms with Crippen LogP contribution in [0.3, 0.4) is 0 Å². The van der Waals surface area contributed by atoms with Gasteiger partial charge in [0, 0.05) is 12.2 Å². The fraction of sp³-hybridized carbons (Fsp3) is 0.562. The van der Waals surface area contributed by atoms with Gasteiger partial charge in [-0.1, -0.05) is 18.2 Å². The number of allylic oxidation sites excluding steroid dienone is 2. The third kappa shape index (κ3) is 4.53. The van der Waals surface area contributed by atoms with E-state index >= 15 is 0 Å². The van der Waals surface area contributed by atoms with E-state index in [9.17, 15) is 4.79 Å². The number of amides is 1. The first-order chi connectivity index (χ1) is 9.44. The van der Waals surface area contributed by atoms with Crippen molar-refractivity contribution in [1.29, 1.82) is 0 Å². The molecule has 2 heterocycles. The van der Waals surface area contributed by atoms with Crippen LogP contribution in [0.1, 0.15) is 33.6 Å². The number of carbonyl (C=O) groups excluding carboxylic acids is 1. The Labute approximate surface area is 121 Å². The molecular weight excluding hydrogens is 252 g/mol. The lowest BCUT2D eigenvalue weighted by molar-refractivity contribution is 0.0347. The van der Waals surface area contributed by atoms with E-state index in [4.69, 9.17) is 4.74 Å². The highest BCUT2D eigenvalue weighted by molar-refractivity contribution is 5.70. The van der Waals surface area contributed by atoms with Crippen LogP contribution in [0.25, 0.3) is 0 Å². The Balaban J connectivity index is 1.89. The molecule has 2 aliphatic heterocycles. The summed E-state index contributed by atoms with van der Waals surface area (Å²) in [6.45, 7) is 7.29. The second kappa shape index (κ2) is 6.27. The van der Waals surface area contributed by atoms with Crippen LogP contribution in [0.15, 0.2) is 36.1 Å².